The molecule has 0 saturated carbocycles. The molecule has 0 amide bonds. The summed E-state index contributed by atoms with van der Waals surface area (Å²) in [5.41, 5.74) is 2.84. The van der Waals surface area contributed by atoms with E-state index >= 15 is 0 Å². The van der Waals surface area contributed by atoms with Gasteiger partial charge in [0.15, 0.2) is 5.82 Å². The molecule has 0 N–H and O–H groups in total. The molecule has 0 bridgehead atoms. The Morgan fingerprint density at radius 1 is 1.62 bits per heavy atom. The Labute approximate surface area is 96.7 Å². The lowest BCUT2D eigenvalue weighted by Gasteiger charge is -1.97. The van der Waals surface area contributed by atoms with Crippen LogP contribution in [0.2, 0.25) is 0 Å². The van der Waals surface area contributed by atoms with Crippen LogP contribution in [-0.2, 0) is 4.74 Å². The predicted octanol–water partition coefficient (Wildman–Crippen LogP) is 1.81. The summed E-state index contributed by atoms with van der Waals surface area (Å²) in [6.07, 6.45) is 1.64. The quantitative estimate of drug-likeness (QED) is 0.764. The van der Waals surface area contributed by atoms with E-state index in [0.717, 1.165) is 0 Å². The maximum absolute atomic E-state index is 11.6. The number of carbonyl (C=O) groups is 1. The summed E-state index contributed by atoms with van der Waals surface area (Å²) in [6.45, 7) is 3.91. The molecule has 0 aromatic carbocycles. The van der Waals surface area contributed by atoms with Gasteiger partial charge in [0.05, 0.1) is 17.8 Å². The second-order valence-corrected chi connectivity index (χ2v) is 3.86. The van der Waals surface area contributed by atoms with Crippen molar-refractivity contribution in [2.24, 2.45) is 0 Å². The minimum atomic E-state index is -0.346. The summed E-state index contributed by atoms with van der Waals surface area (Å²) >= 11 is 1.48. The average Bonchev–Trinajstić information content (AvgIpc) is 2.86. The number of esters is 1. The monoisotopic (exact) mass is 237 g/mol. The third kappa shape index (κ3) is 1.96. The molecule has 84 valence electrons. The van der Waals surface area contributed by atoms with Gasteiger partial charge in [-0.2, -0.15) is 5.10 Å². The average molecular weight is 237 g/mol. The number of rotatable bonds is 3. The molecule has 0 fully saturated rings. The maximum atomic E-state index is 11.6. The summed E-state index contributed by atoms with van der Waals surface area (Å²) < 4.78 is 6.51. The Balaban J connectivity index is 2.32. The first-order valence-corrected chi connectivity index (χ1v) is 5.78. The summed E-state index contributed by atoms with van der Waals surface area (Å²) in [5, 5.41) is 6.08. The van der Waals surface area contributed by atoms with Crippen molar-refractivity contribution in [3.63, 3.8) is 0 Å². The van der Waals surface area contributed by atoms with E-state index in [0.29, 0.717) is 23.7 Å². The number of carbonyl (C=O) groups excluding carboxylic acids is 1. The van der Waals surface area contributed by atoms with Crippen LogP contribution in [0.5, 0.6) is 0 Å². The number of hydrogen-bond acceptors (Lipinski definition) is 5. The van der Waals surface area contributed by atoms with E-state index in [4.69, 9.17) is 4.74 Å². The van der Waals surface area contributed by atoms with Crippen LogP contribution >= 0.6 is 11.3 Å². The Hall–Kier alpha value is -1.69. The largest absolute Gasteiger partial charge is 0.462 e. The first-order chi connectivity index (χ1) is 7.72. The van der Waals surface area contributed by atoms with Gasteiger partial charge in [-0.1, -0.05) is 0 Å². The van der Waals surface area contributed by atoms with Crippen molar-refractivity contribution in [3.8, 4) is 5.82 Å². The molecule has 16 heavy (non-hydrogen) atoms. The Morgan fingerprint density at radius 2 is 2.44 bits per heavy atom. The topological polar surface area (TPSA) is 57.0 Å². The maximum Gasteiger partial charge on any atom is 0.341 e. The molecule has 6 heteroatoms. The van der Waals surface area contributed by atoms with E-state index < -0.39 is 0 Å². The molecular formula is C10H11N3O2S. The molecule has 2 heterocycles. The second-order valence-electron chi connectivity index (χ2n) is 3.14. The van der Waals surface area contributed by atoms with E-state index in [1.165, 1.54) is 11.3 Å². The second kappa shape index (κ2) is 4.44. The van der Waals surface area contributed by atoms with Crippen LogP contribution in [0.4, 0.5) is 0 Å². The van der Waals surface area contributed by atoms with Crippen LogP contribution < -0.4 is 0 Å². The molecule has 2 aromatic rings. The van der Waals surface area contributed by atoms with Crippen LogP contribution in [0, 0.1) is 6.92 Å². The lowest BCUT2D eigenvalue weighted by Crippen LogP contribution is -2.04. The fourth-order valence-electron chi connectivity index (χ4n) is 1.31. The van der Waals surface area contributed by atoms with Crippen LogP contribution in [-0.4, -0.2) is 27.3 Å². The lowest BCUT2D eigenvalue weighted by atomic mass is 10.3. The highest BCUT2D eigenvalue weighted by atomic mass is 32.1. The van der Waals surface area contributed by atoms with Crippen molar-refractivity contribution < 1.29 is 9.53 Å². The summed E-state index contributed by atoms with van der Waals surface area (Å²) in [4.78, 5) is 15.7. The van der Waals surface area contributed by atoms with Crippen LogP contribution in [0.1, 0.15) is 23.0 Å². The molecule has 0 saturated heterocycles. The van der Waals surface area contributed by atoms with Crippen molar-refractivity contribution in [2.75, 3.05) is 6.61 Å². The molecule has 5 nitrogen and oxygen atoms in total. The zero-order valence-corrected chi connectivity index (χ0v) is 9.82. The first kappa shape index (κ1) is 10.8. The van der Waals surface area contributed by atoms with Gasteiger partial charge in [-0.25, -0.2) is 14.5 Å². The van der Waals surface area contributed by atoms with Crippen LogP contribution in [0.25, 0.3) is 5.82 Å². The Morgan fingerprint density at radius 3 is 3.06 bits per heavy atom. The smallest absolute Gasteiger partial charge is 0.341 e. The SMILES string of the molecule is CCOC(=O)c1cn(-c2cscn2)nc1C. The number of aromatic nitrogens is 3. The minimum Gasteiger partial charge on any atom is -0.462 e. The summed E-state index contributed by atoms with van der Waals surface area (Å²) in [7, 11) is 0. The van der Waals surface area contributed by atoms with Crippen LogP contribution in [0.3, 0.4) is 0 Å². The fraction of sp³-hybridized carbons (Fsp3) is 0.300. The van der Waals surface area contributed by atoms with Gasteiger partial charge >= 0.3 is 5.97 Å². The third-order valence-corrected chi connectivity index (χ3v) is 2.62. The number of aryl methyl sites for hydroxylation is 1. The highest BCUT2D eigenvalue weighted by molar-refractivity contribution is 7.07. The molecule has 2 aromatic heterocycles. The van der Waals surface area contributed by atoms with E-state index in [1.807, 2.05) is 5.38 Å². The van der Waals surface area contributed by atoms with Gasteiger partial charge in [-0.05, 0) is 13.8 Å². The van der Waals surface area contributed by atoms with Crippen molar-refractivity contribution in [2.45, 2.75) is 13.8 Å². The zero-order valence-electron chi connectivity index (χ0n) is 9.01. The molecule has 0 spiro atoms. The minimum absolute atomic E-state index is 0.346. The normalized spacial score (nSPS) is 10.4. The molecule has 2 rings (SSSR count). The standard InChI is InChI=1S/C10H11N3O2S/c1-3-15-10(14)8-4-13(12-7(8)2)9-5-16-6-11-9/h4-6H,3H2,1-2H3. The number of nitrogens with zero attached hydrogens (tertiary/aromatic N) is 3. The van der Waals surface area contributed by atoms with Crippen molar-refractivity contribution in [3.05, 3.63) is 28.3 Å². The highest BCUT2D eigenvalue weighted by Crippen LogP contribution is 2.12. The van der Waals surface area contributed by atoms with Gasteiger partial charge in [0, 0.05) is 11.6 Å². The first-order valence-electron chi connectivity index (χ1n) is 4.84. The fourth-order valence-corrected chi connectivity index (χ4v) is 1.83. The molecule has 0 atom stereocenters. The van der Waals surface area contributed by atoms with Gasteiger partial charge in [0.2, 0.25) is 0 Å². The molecule has 0 unspecified atom stereocenters. The molecule has 0 radical (unpaired) electrons. The zero-order chi connectivity index (χ0) is 11.5. The number of hydrogen-bond donors (Lipinski definition) is 0. The van der Waals surface area contributed by atoms with Crippen molar-refractivity contribution in [1.29, 1.82) is 0 Å². The van der Waals surface area contributed by atoms with E-state index in [9.17, 15) is 4.79 Å². The van der Waals surface area contributed by atoms with E-state index in [2.05, 4.69) is 10.1 Å². The Bertz CT molecular complexity index is 490. The number of thiazole rings is 1. The van der Waals surface area contributed by atoms with Gasteiger partial charge in [-0.15, -0.1) is 11.3 Å². The Kier molecular flexibility index (Phi) is 3.00. The van der Waals surface area contributed by atoms with Crippen molar-refractivity contribution in [1.82, 2.24) is 14.8 Å². The molecule has 0 aliphatic carbocycles. The third-order valence-electron chi connectivity index (χ3n) is 2.05. The van der Waals surface area contributed by atoms with Gasteiger partial charge in [0.25, 0.3) is 0 Å². The van der Waals surface area contributed by atoms with Crippen LogP contribution in [0.15, 0.2) is 17.1 Å². The predicted molar refractivity (Wildman–Crippen MR) is 59.9 cm³/mol. The molecular weight excluding hydrogens is 226 g/mol. The molecule has 0 aliphatic heterocycles. The van der Waals surface area contributed by atoms with Crippen molar-refractivity contribution >= 4 is 17.3 Å². The highest BCUT2D eigenvalue weighted by Gasteiger charge is 2.15. The lowest BCUT2D eigenvalue weighted by molar-refractivity contribution is 0.0525. The van der Waals surface area contributed by atoms with E-state index in [1.54, 1.807) is 30.2 Å². The van der Waals surface area contributed by atoms with Gasteiger partial charge < -0.3 is 4.74 Å². The summed E-state index contributed by atoms with van der Waals surface area (Å²) in [6, 6.07) is 0. The van der Waals surface area contributed by atoms with E-state index in [-0.39, 0.29) is 5.97 Å². The van der Waals surface area contributed by atoms with Gasteiger partial charge in [0.1, 0.15) is 5.56 Å². The molecule has 0 aliphatic rings. The number of ether oxygens (including phenoxy) is 1. The van der Waals surface area contributed by atoms with Gasteiger partial charge in [-0.3, -0.25) is 0 Å². The summed E-state index contributed by atoms with van der Waals surface area (Å²) in [5.74, 6) is 0.366.